The van der Waals surface area contributed by atoms with Crippen LogP contribution in [-0.4, -0.2) is 52.3 Å². The second-order valence-corrected chi connectivity index (χ2v) is 7.55. The fourth-order valence-electron chi connectivity index (χ4n) is 4.13. The SMILES string of the molecule is O=[N+]([O-])c1ccccc1OCC(O)CN1CCC(c2c[nH]c3ccccc23)CC1. The van der Waals surface area contributed by atoms with Crippen LogP contribution in [0.2, 0.25) is 0 Å². The first-order valence-electron chi connectivity index (χ1n) is 9.94. The quantitative estimate of drug-likeness (QED) is 0.470. The number of likely N-dealkylation sites (tertiary alicyclic amines) is 1. The number of hydrogen-bond donors (Lipinski definition) is 2. The van der Waals surface area contributed by atoms with Crippen molar-refractivity contribution in [2.45, 2.75) is 24.9 Å². The van der Waals surface area contributed by atoms with E-state index in [2.05, 4.69) is 34.3 Å². The van der Waals surface area contributed by atoms with Gasteiger partial charge in [-0.05, 0) is 49.5 Å². The van der Waals surface area contributed by atoms with Crippen LogP contribution in [0.15, 0.2) is 54.7 Å². The first kappa shape index (κ1) is 19.4. The van der Waals surface area contributed by atoms with E-state index in [1.165, 1.54) is 22.5 Å². The third kappa shape index (κ3) is 4.41. The summed E-state index contributed by atoms with van der Waals surface area (Å²) in [6, 6.07) is 14.6. The summed E-state index contributed by atoms with van der Waals surface area (Å²) in [4.78, 5) is 16.2. The van der Waals surface area contributed by atoms with Crippen LogP contribution in [0.25, 0.3) is 10.9 Å². The number of β-amino-alcohol motifs (C(OH)–C–C–N with tert-alkyl or cyclic N) is 1. The third-order valence-electron chi connectivity index (χ3n) is 5.61. The summed E-state index contributed by atoms with van der Waals surface area (Å²) in [5, 5.41) is 22.7. The zero-order valence-corrected chi connectivity index (χ0v) is 16.2. The Labute approximate surface area is 169 Å². The molecule has 2 heterocycles. The Morgan fingerprint density at radius 3 is 2.69 bits per heavy atom. The van der Waals surface area contributed by atoms with E-state index in [1.807, 2.05) is 6.07 Å². The molecule has 3 aromatic rings. The minimum atomic E-state index is -0.695. The van der Waals surface area contributed by atoms with Crippen LogP contribution in [0.1, 0.15) is 24.3 Å². The van der Waals surface area contributed by atoms with Gasteiger partial charge >= 0.3 is 5.69 Å². The number of benzene rings is 2. The summed E-state index contributed by atoms with van der Waals surface area (Å²) in [6.45, 7) is 2.36. The smallest absolute Gasteiger partial charge is 0.310 e. The van der Waals surface area contributed by atoms with E-state index in [9.17, 15) is 15.2 Å². The van der Waals surface area contributed by atoms with Crippen LogP contribution < -0.4 is 4.74 Å². The molecule has 0 spiro atoms. The highest BCUT2D eigenvalue weighted by Gasteiger charge is 2.24. The lowest BCUT2D eigenvalue weighted by Gasteiger charge is -2.33. The first-order valence-corrected chi connectivity index (χ1v) is 9.94. The Balaban J connectivity index is 1.28. The predicted octanol–water partition coefficient (Wildman–Crippen LogP) is 3.70. The Bertz CT molecular complexity index is 979. The summed E-state index contributed by atoms with van der Waals surface area (Å²) in [7, 11) is 0. The van der Waals surface area contributed by atoms with Crippen molar-refractivity contribution in [3.05, 3.63) is 70.4 Å². The van der Waals surface area contributed by atoms with Crippen molar-refractivity contribution >= 4 is 16.6 Å². The largest absolute Gasteiger partial charge is 0.484 e. The molecule has 0 saturated carbocycles. The Morgan fingerprint density at radius 2 is 1.90 bits per heavy atom. The van der Waals surface area contributed by atoms with Gasteiger partial charge in [-0.25, -0.2) is 0 Å². The van der Waals surface area contributed by atoms with Gasteiger partial charge in [-0.3, -0.25) is 10.1 Å². The van der Waals surface area contributed by atoms with Crippen LogP contribution in [0.5, 0.6) is 5.75 Å². The summed E-state index contributed by atoms with van der Waals surface area (Å²) >= 11 is 0. The number of para-hydroxylation sites is 3. The van der Waals surface area contributed by atoms with E-state index in [0.717, 1.165) is 25.9 Å². The number of nitro groups is 1. The van der Waals surface area contributed by atoms with Crippen molar-refractivity contribution in [1.29, 1.82) is 0 Å². The van der Waals surface area contributed by atoms with Crippen molar-refractivity contribution in [2.75, 3.05) is 26.2 Å². The van der Waals surface area contributed by atoms with E-state index >= 15 is 0 Å². The second kappa shape index (κ2) is 8.63. The molecule has 1 aromatic heterocycles. The van der Waals surface area contributed by atoms with Crippen molar-refractivity contribution in [1.82, 2.24) is 9.88 Å². The molecule has 1 aliphatic heterocycles. The van der Waals surface area contributed by atoms with E-state index in [1.54, 1.807) is 18.2 Å². The predicted molar refractivity (Wildman–Crippen MR) is 111 cm³/mol. The average molecular weight is 395 g/mol. The maximum absolute atomic E-state index is 11.0. The molecule has 1 unspecified atom stereocenters. The molecule has 7 heteroatoms. The van der Waals surface area contributed by atoms with Crippen molar-refractivity contribution in [3.8, 4) is 5.75 Å². The molecule has 1 saturated heterocycles. The van der Waals surface area contributed by atoms with Crippen LogP contribution in [0, 0.1) is 10.1 Å². The number of ether oxygens (including phenoxy) is 1. The zero-order chi connectivity index (χ0) is 20.2. The monoisotopic (exact) mass is 395 g/mol. The minimum Gasteiger partial charge on any atom is -0.484 e. The summed E-state index contributed by atoms with van der Waals surface area (Å²) in [5.41, 5.74) is 2.47. The van der Waals surface area contributed by atoms with Crippen LogP contribution >= 0.6 is 0 Å². The third-order valence-corrected chi connectivity index (χ3v) is 5.61. The summed E-state index contributed by atoms with van der Waals surface area (Å²) in [6.07, 6.45) is 3.51. The Kier molecular flexibility index (Phi) is 5.78. The molecule has 2 aromatic carbocycles. The molecule has 0 amide bonds. The van der Waals surface area contributed by atoms with Gasteiger partial charge in [-0.1, -0.05) is 30.3 Å². The fourth-order valence-corrected chi connectivity index (χ4v) is 4.13. The number of nitrogens with one attached hydrogen (secondary N) is 1. The van der Waals surface area contributed by atoms with Gasteiger partial charge in [-0.15, -0.1) is 0 Å². The molecule has 1 fully saturated rings. The number of hydrogen-bond acceptors (Lipinski definition) is 5. The molecule has 0 bridgehead atoms. The number of aromatic amines is 1. The molecule has 0 radical (unpaired) electrons. The van der Waals surface area contributed by atoms with Crippen LogP contribution in [0.4, 0.5) is 5.69 Å². The van der Waals surface area contributed by atoms with Gasteiger partial charge in [0.2, 0.25) is 0 Å². The lowest BCUT2D eigenvalue weighted by molar-refractivity contribution is -0.385. The molecule has 0 aliphatic carbocycles. The van der Waals surface area contributed by atoms with Gasteiger partial charge < -0.3 is 19.7 Å². The number of H-pyrrole nitrogens is 1. The zero-order valence-electron chi connectivity index (χ0n) is 16.2. The Hall–Kier alpha value is -2.90. The molecule has 2 N–H and O–H groups in total. The molecular weight excluding hydrogens is 370 g/mol. The molecule has 29 heavy (non-hydrogen) atoms. The maximum Gasteiger partial charge on any atom is 0.310 e. The van der Waals surface area contributed by atoms with Gasteiger partial charge in [0, 0.05) is 29.7 Å². The van der Waals surface area contributed by atoms with Crippen LogP contribution in [0.3, 0.4) is 0 Å². The number of aromatic nitrogens is 1. The van der Waals surface area contributed by atoms with E-state index < -0.39 is 11.0 Å². The Morgan fingerprint density at radius 1 is 1.17 bits per heavy atom. The van der Waals surface area contributed by atoms with Crippen LogP contribution in [-0.2, 0) is 0 Å². The number of nitrogens with zero attached hydrogens (tertiary/aromatic N) is 2. The highest BCUT2D eigenvalue weighted by atomic mass is 16.6. The van der Waals surface area contributed by atoms with Gasteiger partial charge in [0.1, 0.15) is 12.7 Å². The minimum absolute atomic E-state index is 0.0350. The van der Waals surface area contributed by atoms with E-state index in [4.69, 9.17) is 4.74 Å². The number of aliphatic hydroxyl groups is 1. The number of aliphatic hydroxyl groups excluding tert-OH is 1. The highest BCUT2D eigenvalue weighted by molar-refractivity contribution is 5.83. The summed E-state index contributed by atoms with van der Waals surface area (Å²) in [5.74, 6) is 0.706. The number of fused-ring (bicyclic) bond motifs is 1. The fraction of sp³-hybridized carbons (Fsp3) is 0.364. The summed E-state index contributed by atoms with van der Waals surface area (Å²) < 4.78 is 5.51. The van der Waals surface area contributed by atoms with Crippen molar-refractivity contribution < 1.29 is 14.8 Å². The number of piperidine rings is 1. The maximum atomic E-state index is 11.0. The normalized spacial score (nSPS) is 16.7. The molecular formula is C22H25N3O4. The second-order valence-electron chi connectivity index (χ2n) is 7.55. The highest BCUT2D eigenvalue weighted by Crippen LogP contribution is 2.33. The molecule has 7 nitrogen and oxygen atoms in total. The average Bonchev–Trinajstić information content (AvgIpc) is 3.17. The standard InChI is InChI=1S/C22H25N3O4/c26-17(15-29-22-8-4-3-7-21(22)25(27)28)14-24-11-9-16(10-12-24)19-13-23-20-6-2-1-5-18(19)20/h1-8,13,16-17,23,26H,9-12,14-15H2. The first-order chi connectivity index (χ1) is 14.1. The van der Waals surface area contributed by atoms with Gasteiger partial charge in [0.15, 0.2) is 5.75 Å². The molecule has 4 rings (SSSR count). The van der Waals surface area contributed by atoms with Crippen molar-refractivity contribution in [2.24, 2.45) is 0 Å². The van der Waals surface area contributed by atoms with Crippen molar-refractivity contribution in [3.63, 3.8) is 0 Å². The molecule has 1 aliphatic rings. The van der Waals surface area contributed by atoms with Gasteiger partial charge in [0.05, 0.1) is 4.92 Å². The molecule has 152 valence electrons. The van der Waals surface area contributed by atoms with E-state index in [0.29, 0.717) is 12.5 Å². The van der Waals surface area contributed by atoms with Gasteiger partial charge in [-0.2, -0.15) is 0 Å². The number of nitro benzene ring substituents is 1. The lowest BCUT2D eigenvalue weighted by atomic mass is 9.89. The number of rotatable bonds is 7. The van der Waals surface area contributed by atoms with Gasteiger partial charge in [0.25, 0.3) is 0 Å². The van der Waals surface area contributed by atoms with E-state index in [-0.39, 0.29) is 18.0 Å². The lowest BCUT2D eigenvalue weighted by Crippen LogP contribution is -2.40. The molecule has 1 atom stereocenters. The topological polar surface area (TPSA) is 91.6 Å².